The summed E-state index contributed by atoms with van der Waals surface area (Å²) in [6, 6.07) is 2.29. The third-order valence-electron chi connectivity index (χ3n) is 3.37. The van der Waals surface area contributed by atoms with E-state index < -0.39 is 10.8 Å². The van der Waals surface area contributed by atoms with Crippen molar-refractivity contribution in [3.05, 3.63) is 0 Å². The summed E-state index contributed by atoms with van der Waals surface area (Å²) in [7, 11) is -0.656. The number of nitriles is 1. The van der Waals surface area contributed by atoms with Crippen LogP contribution in [0.4, 0.5) is 0 Å². The van der Waals surface area contributed by atoms with Gasteiger partial charge < -0.3 is 0 Å². The normalized spacial score (nSPS) is 19.6. The van der Waals surface area contributed by atoms with Crippen molar-refractivity contribution in [2.75, 3.05) is 11.5 Å². The van der Waals surface area contributed by atoms with Gasteiger partial charge in [0.1, 0.15) is 0 Å². The van der Waals surface area contributed by atoms with E-state index in [1.54, 1.807) is 0 Å². The summed E-state index contributed by atoms with van der Waals surface area (Å²) < 4.78 is 11.8. The van der Waals surface area contributed by atoms with Gasteiger partial charge in [-0.15, -0.1) is 0 Å². The first kappa shape index (κ1) is 13.7. The van der Waals surface area contributed by atoms with Crippen LogP contribution in [0.25, 0.3) is 0 Å². The fourth-order valence-electron chi connectivity index (χ4n) is 2.25. The van der Waals surface area contributed by atoms with Gasteiger partial charge in [-0.25, -0.2) is 0 Å². The van der Waals surface area contributed by atoms with Gasteiger partial charge in [0, 0.05) is 22.3 Å². The molecule has 0 N–H and O–H groups in total. The van der Waals surface area contributed by atoms with Crippen LogP contribution in [0.1, 0.15) is 52.4 Å². The van der Waals surface area contributed by atoms with Crippen LogP contribution in [-0.4, -0.2) is 15.7 Å². The molecule has 0 amide bonds. The Morgan fingerprint density at radius 1 is 1.38 bits per heavy atom. The highest BCUT2D eigenvalue weighted by molar-refractivity contribution is 7.84. The number of rotatable bonds is 6. The Morgan fingerprint density at radius 2 is 2.00 bits per heavy atom. The molecule has 1 aliphatic carbocycles. The van der Waals surface area contributed by atoms with Crippen molar-refractivity contribution >= 4 is 10.8 Å². The summed E-state index contributed by atoms with van der Waals surface area (Å²) in [4.78, 5) is 0. The second-order valence-corrected chi connectivity index (χ2v) is 7.18. The van der Waals surface area contributed by atoms with E-state index in [9.17, 15) is 4.21 Å². The molecule has 16 heavy (non-hydrogen) atoms. The average molecular weight is 241 g/mol. The Balaban J connectivity index is 2.13. The van der Waals surface area contributed by atoms with Crippen molar-refractivity contribution in [1.82, 2.24) is 0 Å². The smallest absolute Gasteiger partial charge is 0.0683 e. The van der Waals surface area contributed by atoms with Crippen LogP contribution < -0.4 is 0 Å². The van der Waals surface area contributed by atoms with Crippen molar-refractivity contribution in [3.8, 4) is 6.07 Å². The molecule has 0 saturated heterocycles. The molecule has 0 aromatic heterocycles. The fraction of sp³-hybridized carbons (Fsp3) is 0.923. The first-order valence-corrected chi connectivity index (χ1v) is 7.78. The topological polar surface area (TPSA) is 40.9 Å². The largest absolute Gasteiger partial charge is 0.260 e. The number of nitrogens with zero attached hydrogens (tertiary/aromatic N) is 1. The maximum Gasteiger partial charge on any atom is 0.0683 e. The molecule has 0 radical (unpaired) electrons. The minimum absolute atomic E-state index is 0.252. The molecular weight excluding hydrogens is 218 g/mol. The van der Waals surface area contributed by atoms with Crippen LogP contribution in [0.15, 0.2) is 0 Å². The molecule has 92 valence electrons. The van der Waals surface area contributed by atoms with Gasteiger partial charge in [-0.05, 0) is 45.4 Å². The molecular formula is C13H23NOS. The molecule has 0 aromatic rings. The Hall–Kier alpha value is -0.360. The molecule has 1 unspecified atom stereocenters. The van der Waals surface area contributed by atoms with Crippen molar-refractivity contribution in [1.29, 1.82) is 5.26 Å². The van der Waals surface area contributed by atoms with Crippen LogP contribution in [0.2, 0.25) is 0 Å². The molecule has 3 heteroatoms. The van der Waals surface area contributed by atoms with E-state index in [1.807, 2.05) is 13.8 Å². The summed E-state index contributed by atoms with van der Waals surface area (Å²) in [5.74, 6) is 2.39. The predicted octanol–water partition coefficient (Wildman–Crippen LogP) is 3.26. The standard InChI is InChI=1S/C13H23NOS/c1-13(2,11-14)8-5-9-16(15)10-12-6-3-4-7-12/h12H,3-10H2,1-2H3. The van der Waals surface area contributed by atoms with Gasteiger partial charge in [0.2, 0.25) is 0 Å². The van der Waals surface area contributed by atoms with Crippen molar-refractivity contribution in [2.45, 2.75) is 52.4 Å². The van der Waals surface area contributed by atoms with Gasteiger partial charge in [0.15, 0.2) is 0 Å². The lowest BCUT2D eigenvalue weighted by Gasteiger charge is -2.14. The lowest BCUT2D eigenvalue weighted by molar-refractivity contribution is 0.446. The van der Waals surface area contributed by atoms with Crippen molar-refractivity contribution in [2.24, 2.45) is 11.3 Å². The lowest BCUT2D eigenvalue weighted by atomic mass is 9.90. The highest BCUT2D eigenvalue weighted by atomic mass is 32.2. The Labute approximate surface area is 102 Å². The van der Waals surface area contributed by atoms with Gasteiger partial charge in [-0.3, -0.25) is 4.21 Å². The molecule has 0 aromatic carbocycles. The Morgan fingerprint density at radius 3 is 2.56 bits per heavy atom. The zero-order valence-electron chi connectivity index (χ0n) is 10.5. The zero-order valence-corrected chi connectivity index (χ0v) is 11.3. The van der Waals surface area contributed by atoms with Gasteiger partial charge in [0.25, 0.3) is 0 Å². The van der Waals surface area contributed by atoms with Crippen molar-refractivity contribution in [3.63, 3.8) is 0 Å². The number of hydrogen-bond acceptors (Lipinski definition) is 2. The molecule has 0 aliphatic heterocycles. The first-order valence-electron chi connectivity index (χ1n) is 6.30. The third kappa shape index (κ3) is 5.12. The summed E-state index contributed by atoms with van der Waals surface area (Å²) in [5.41, 5.74) is -0.252. The second-order valence-electron chi connectivity index (χ2n) is 5.56. The highest BCUT2D eigenvalue weighted by Crippen LogP contribution is 2.26. The molecule has 1 aliphatic rings. The van der Waals surface area contributed by atoms with E-state index in [2.05, 4.69) is 6.07 Å². The lowest BCUT2D eigenvalue weighted by Crippen LogP contribution is -2.13. The maximum atomic E-state index is 11.8. The monoisotopic (exact) mass is 241 g/mol. The minimum Gasteiger partial charge on any atom is -0.260 e. The zero-order chi connectivity index (χ0) is 12.0. The molecule has 1 rings (SSSR count). The Bertz CT molecular complexity index is 274. The van der Waals surface area contributed by atoms with Crippen LogP contribution in [-0.2, 0) is 10.8 Å². The van der Waals surface area contributed by atoms with E-state index >= 15 is 0 Å². The molecule has 0 heterocycles. The van der Waals surface area contributed by atoms with Crippen LogP contribution in [0, 0.1) is 22.7 Å². The SMILES string of the molecule is CC(C)(C#N)CCCS(=O)CC1CCCC1. The van der Waals surface area contributed by atoms with Crippen LogP contribution in [0.3, 0.4) is 0 Å². The summed E-state index contributed by atoms with van der Waals surface area (Å²) in [6.45, 7) is 3.90. The Kier molecular flexibility index (Phi) is 5.48. The molecule has 1 fully saturated rings. The molecule has 0 bridgehead atoms. The van der Waals surface area contributed by atoms with E-state index in [0.29, 0.717) is 5.92 Å². The van der Waals surface area contributed by atoms with Crippen LogP contribution in [0.5, 0.6) is 0 Å². The number of hydrogen-bond donors (Lipinski definition) is 0. The average Bonchev–Trinajstić information content (AvgIpc) is 2.70. The molecule has 1 atom stereocenters. The van der Waals surface area contributed by atoms with E-state index in [4.69, 9.17) is 5.26 Å². The third-order valence-corrected chi connectivity index (χ3v) is 4.96. The van der Waals surface area contributed by atoms with E-state index in [1.165, 1.54) is 25.7 Å². The predicted molar refractivity (Wildman–Crippen MR) is 68.5 cm³/mol. The quantitative estimate of drug-likeness (QED) is 0.716. The van der Waals surface area contributed by atoms with Gasteiger partial charge in [-0.2, -0.15) is 5.26 Å². The summed E-state index contributed by atoms with van der Waals surface area (Å²) >= 11 is 0. The highest BCUT2D eigenvalue weighted by Gasteiger charge is 2.19. The second kappa shape index (κ2) is 6.39. The molecule has 1 saturated carbocycles. The van der Waals surface area contributed by atoms with Crippen LogP contribution >= 0.6 is 0 Å². The molecule has 0 spiro atoms. The van der Waals surface area contributed by atoms with E-state index in [-0.39, 0.29) is 5.41 Å². The fourth-order valence-corrected chi connectivity index (χ4v) is 3.75. The molecule has 2 nitrogen and oxygen atoms in total. The van der Waals surface area contributed by atoms with Gasteiger partial charge in [0.05, 0.1) is 11.5 Å². The summed E-state index contributed by atoms with van der Waals surface area (Å²) in [6.07, 6.45) is 6.97. The minimum atomic E-state index is -0.656. The first-order chi connectivity index (χ1) is 7.53. The maximum absolute atomic E-state index is 11.8. The summed E-state index contributed by atoms with van der Waals surface area (Å²) in [5, 5.41) is 8.86. The van der Waals surface area contributed by atoms with E-state index in [0.717, 1.165) is 24.3 Å². The van der Waals surface area contributed by atoms with Gasteiger partial charge >= 0.3 is 0 Å². The van der Waals surface area contributed by atoms with Gasteiger partial charge in [-0.1, -0.05) is 12.8 Å². The van der Waals surface area contributed by atoms with Crippen molar-refractivity contribution < 1.29 is 4.21 Å².